The number of nitrogens with two attached hydrogens (primary N) is 2. The number of rotatable bonds is 6. The third kappa shape index (κ3) is 4.72. The Morgan fingerprint density at radius 2 is 2.05 bits per heavy atom. The van der Waals surface area contributed by atoms with Gasteiger partial charge in [-0.25, -0.2) is 0 Å². The smallest absolute Gasteiger partial charge is 0.248 e. The quantitative estimate of drug-likeness (QED) is 0.697. The van der Waals surface area contributed by atoms with Gasteiger partial charge in [0.2, 0.25) is 5.91 Å². The van der Waals surface area contributed by atoms with E-state index >= 15 is 0 Å². The number of amides is 1. The molecule has 1 aliphatic carbocycles. The molecule has 1 aliphatic rings. The normalized spacial score (nSPS) is 22.0. The molecule has 1 fully saturated rings. The number of hydrogen-bond donors (Lipinski definition) is 3. The second-order valence-electron chi connectivity index (χ2n) is 5.73. The highest BCUT2D eigenvalue weighted by Crippen LogP contribution is 2.19. The van der Waals surface area contributed by atoms with Crippen molar-refractivity contribution in [3.8, 4) is 0 Å². The number of aryl methyl sites for hydroxylation is 1. The van der Waals surface area contributed by atoms with E-state index in [2.05, 4.69) is 5.32 Å². The van der Waals surface area contributed by atoms with Gasteiger partial charge in [0.1, 0.15) is 0 Å². The fourth-order valence-corrected chi connectivity index (χ4v) is 2.73. The number of nitrogens with one attached hydrogen (secondary N) is 1. The SMILES string of the molecule is Cc1cc(NCCOC2CCC(N)CC2)ccc1C(N)=O. The van der Waals surface area contributed by atoms with Crippen molar-refractivity contribution >= 4 is 11.6 Å². The zero-order valence-corrected chi connectivity index (χ0v) is 12.6. The average molecular weight is 291 g/mol. The number of carbonyl (C=O) groups excluding carboxylic acids is 1. The first kappa shape index (κ1) is 15.8. The van der Waals surface area contributed by atoms with Gasteiger partial charge in [-0.05, 0) is 56.4 Å². The molecule has 0 heterocycles. The van der Waals surface area contributed by atoms with Crippen LogP contribution in [0.15, 0.2) is 18.2 Å². The summed E-state index contributed by atoms with van der Waals surface area (Å²) in [5.41, 5.74) is 13.6. The predicted octanol–water partition coefficient (Wildman–Crippen LogP) is 1.79. The van der Waals surface area contributed by atoms with Crippen LogP contribution in [0.4, 0.5) is 5.69 Å². The molecule has 0 aromatic heterocycles. The van der Waals surface area contributed by atoms with E-state index in [1.807, 2.05) is 19.1 Å². The summed E-state index contributed by atoms with van der Waals surface area (Å²) < 4.78 is 5.85. The van der Waals surface area contributed by atoms with Gasteiger partial charge in [-0.3, -0.25) is 4.79 Å². The van der Waals surface area contributed by atoms with Crippen molar-refractivity contribution in [1.82, 2.24) is 0 Å². The van der Waals surface area contributed by atoms with Crippen molar-refractivity contribution in [2.24, 2.45) is 11.5 Å². The van der Waals surface area contributed by atoms with Gasteiger partial charge in [0, 0.05) is 23.8 Å². The van der Waals surface area contributed by atoms with E-state index in [9.17, 15) is 4.79 Å². The lowest BCUT2D eigenvalue weighted by Crippen LogP contribution is -2.31. The van der Waals surface area contributed by atoms with E-state index in [-0.39, 0.29) is 0 Å². The van der Waals surface area contributed by atoms with Gasteiger partial charge in [-0.1, -0.05) is 0 Å². The van der Waals surface area contributed by atoms with Crippen LogP contribution in [0.5, 0.6) is 0 Å². The van der Waals surface area contributed by atoms with Gasteiger partial charge in [0.15, 0.2) is 0 Å². The zero-order valence-electron chi connectivity index (χ0n) is 12.6. The van der Waals surface area contributed by atoms with Crippen molar-refractivity contribution in [3.05, 3.63) is 29.3 Å². The zero-order chi connectivity index (χ0) is 15.2. The Morgan fingerprint density at radius 1 is 1.33 bits per heavy atom. The average Bonchev–Trinajstić information content (AvgIpc) is 2.45. The fourth-order valence-electron chi connectivity index (χ4n) is 2.73. The summed E-state index contributed by atoms with van der Waals surface area (Å²) in [6, 6.07) is 5.91. The first-order valence-electron chi connectivity index (χ1n) is 7.58. The van der Waals surface area contributed by atoms with E-state index in [4.69, 9.17) is 16.2 Å². The van der Waals surface area contributed by atoms with Crippen LogP contribution in [-0.2, 0) is 4.74 Å². The molecule has 0 unspecified atom stereocenters. The lowest BCUT2D eigenvalue weighted by Gasteiger charge is -2.26. The maximum Gasteiger partial charge on any atom is 0.248 e. The second-order valence-corrected chi connectivity index (χ2v) is 5.73. The maximum atomic E-state index is 11.2. The summed E-state index contributed by atoms with van der Waals surface area (Å²) in [5, 5.41) is 3.30. The van der Waals surface area contributed by atoms with Crippen LogP contribution in [0.3, 0.4) is 0 Å². The van der Waals surface area contributed by atoms with Crippen LogP contribution < -0.4 is 16.8 Å². The summed E-state index contributed by atoms with van der Waals surface area (Å²) in [4.78, 5) is 11.2. The van der Waals surface area contributed by atoms with E-state index in [1.165, 1.54) is 0 Å². The lowest BCUT2D eigenvalue weighted by atomic mass is 9.94. The highest BCUT2D eigenvalue weighted by molar-refractivity contribution is 5.94. The molecule has 0 spiro atoms. The number of ether oxygens (including phenoxy) is 1. The molecule has 1 amide bonds. The summed E-state index contributed by atoms with van der Waals surface area (Å²) in [7, 11) is 0. The van der Waals surface area contributed by atoms with Crippen LogP contribution >= 0.6 is 0 Å². The van der Waals surface area contributed by atoms with Gasteiger partial charge < -0.3 is 21.5 Å². The molecule has 1 aromatic carbocycles. The molecule has 1 aromatic rings. The Hall–Kier alpha value is -1.59. The molecule has 5 heteroatoms. The van der Waals surface area contributed by atoms with Crippen molar-refractivity contribution in [3.63, 3.8) is 0 Å². The summed E-state index contributed by atoms with van der Waals surface area (Å²) >= 11 is 0. The summed E-state index contributed by atoms with van der Waals surface area (Å²) in [5.74, 6) is -0.391. The van der Waals surface area contributed by atoms with Crippen molar-refractivity contribution in [2.75, 3.05) is 18.5 Å². The fraction of sp³-hybridized carbons (Fsp3) is 0.562. The standard InChI is InChI=1S/C16H25N3O2/c1-11-10-13(4-7-15(11)16(18)20)19-8-9-21-14-5-2-12(17)3-6-14/h4,7,10,12,14,19H,2-3,5-6,8-9,17H2,1H3,(H2,18,20). The Labute approximate surface area is 126 Å². The Bertz CT molecular complexity index is 482. The molecule has 5 nitrogen and oxygen atoms in total. The molecular weight excluding hydrogens is 266 g/mol. The van der Waals surface area contributed by atoms with Crippen molar-refractivity contribution in [2.45, 2.75) is 44.8 Å². The number of anilines is 1. The van der Waals surface area contributed by atoms with Gasteiger partial charge >= 0.3 is 0 Å². The van der Waals surface area contributed by atoms with E-state index in [0.29, 0.717) is 24.3 Å². The number of benzene rings is 1. The van der Waals surface area contributed by atoms with Crippen LogP contribution in [-0.4, -0.2) is 31.2 Å². The number of hydrogen-bond acceptors (Lipinski definition) is 4. The highest BCUT2D eigenvalue weighted by atomic mass is 16.5. The van der Waals surface area contributed by atoms with E-state index in [0.717, 1.165) is 43.5 Å². The Morgan fingerprint density at radius 3 is 2.67 bits per heavy atom. The third-order valence-corrected chi connectivity index (χ3v) is 4.00. The lowest BCUT2D eigenvalue weighted by molar-refractivity contribution is 0.0313. The molecule has 21 heavy (non-hydrogen) atoms. The maximum absolute atomic E-state index is 11.2. The van der Waals surface area contributed by atoms with Crippen LogP contribution in [0.25, 0.3) is 0 Å². The minimum absolute atomic E-state index is 0.352. The molecule has 0 bridgehead atoms. The Balaban J connectivity index is 1.71. The molecule has 2 rings (SSSR count). The highest BCUT2D eigenvalue weighted by Gasteiger charge is 2.18. The second kappa shape index (κ2) is 7.43. The topological polar surface area (TPSA) is 90.4 Å². The molecule has 5 N–H and O–H groups in total. The van der Waals surface area contributed by atoms with Crippen LogP contribution in [0.2, 0.25) is 0 Å². The van der Waals surface area contributed by atoms with Crippen molar-refractivity contribution < 1.29 is 9.53 Å². The van der Waals surface area contributed by atoms with Gasteiger partial charge in [0.25, 0.3) is 0 Å². The van der Waals surface area contributed by atoms with Crippen LogP contribution in [0, 0.1) is 6.92 Å². The molecule has 0 saturated heterocycles. The predicted molar refractivity (Wildman–Crippen MR) is 84.4 cm³/mol. The summed E-state index contributed by atoms with van der Waals surface area (Å²) in [6.45, 7) is 3.31. The van der Waals surface area contributed by atoms with Gasteiger partial charge in [-0.2, -0.15) is 0 Å². The molecule has 116 valence electrons. The van der Waals surface area contributed by atoms with Gasteiger partial charge in [0.05, 0.1) is 12.7 Å². The minimum atomic E-state index is -0.391. The third-order valence-electron chi connectivity index (χ3n) is 4.00. The number of primary amides is 1. The molecule has 0 radical (unpaired) electrons. The first-order chi connectivity index (χ1) is 10.1. The van der Waals surface area contributed by atoms with E-state index in [1.54, 1.807) is 6.07 Å². The summed E-state index contributed by atoms with van der Waals surface area (Å²) in [6.07, 6.45) is 4.60. The van der Waals surface area contributed by atoms with Gasteiger partial charge in [-0.15, -0.1) is 0 Å². The monoisotopic (exact) mass is 291 g/mol. The molecule has 1 saturated carbocycles. The minimum Gasteiger partial charge on any atom is -0.383 e. The Kier molecular flexibility index (Phi) is 5.59. The first-order valence-corrected chi connectivity index (χ1v) is 7.58. The van der Waals surface area contributed by atoms with Crippen molar-refractivity contribution in [1.29, 1.82) is 0 Å². The number of carbonyl (C=O) groups is 1. The van der Waals surface area contributed by atoms with E-state index < -0.39 is 5.91 Å². The largest absolute Gasteiger partial charge is 0.383 e. The molecule has 0 aliphatic heterocycles. The molecular formula is C16H25N3O2. The van der Waals surface area contributed by atoms with Crippen LogP contribution in [0.1, 0.15) is 41.6 Å². The molecule has 0 atom stereocenters.